The standard InChI is InChI=1S/C3H4ClF3O2S/c1-2(3(5,6)7)10(4,8)9/h2H,1H3. The Morgan fingerprint density at radius 3 is 1.70 bits per heavy atom. The zero-order valence-electron chi connectivity index (χ0n) is 4.81. The lowest BCUT2D eigenvalue weighted by Crippen LogP contribution is -2.30. The highest BCUT2D eigenvalue weighted by Crippen LogP contribution is 2.27. The van der Waals surface area contributed by atoms with Crippen molar-refractivity contribution in [2.75, 3.05) is 0 Å². The molecule has 10 heavy (non-hydrogen) atoms. The van der Waals surface area contributed by atoms with Crippen LogP contribution in [0.15, 0.2) is 0 Å². The maximum Gasteiger partial charge on any atom is 0.406 e. The molecule has 0 aromatic rings. The largest absolute Gasteiger partial charge is 0.406 e. The summed E-state index contributed by atoms with van der Waals surface area (Å²) in [6.45, 7) is 0.488. The minimum atomic E-state index is -4.78. The summed E-state index contributed by atoms with van der Waals surface area (Å²) in [4.78, 5) is 0. The molecule has 0 radical (unpaired) electrons. The van der Waals surface area contributed by atoms with E-state index in [0.29, 0.717) is 6.92 Å². The first-order valence-corrected chi connectivity index (χ1v) is 4.53. The number of rotatable bonds is 1. The molecule has 0 N–H and O–H groups in total. The van der Waals surface area contributed by atoms with Gasteiger partial charge in [-0.05, 0) is 6.92 Å². The minimum absolute atomic E-state index is 0.488. The average Bonchev–Trinajstić information content (AvgIpc) is 1.59. The van der Waals surface area contributed by atoms with E-state index < -0.39 is 20.5 Å². The lowest BCUT2D eigenvalue weighted by Gasteiger charge is -2.10. The Kier molecular flexibility index (Phi) is 2.59. The SMILES string of the molecule is CC(C(F)(F)F)S(=O)(=O)Cl. The molecule has 0 saturated carbocycles. The predicted molar refractivity (Wildman–Crippen MR) is 30.3 cm³/mol. The first kappa shape index (κ1) is 10.0. The van der Waals surface area contributed by atoms with Crippen LogP contribution in [0.3, 0.4) is 0 Å². The lowest BCUT2D eigenvalue weighted by molar-refractivity contribution is -0.126. The van der Waals surface area contributed by atoms with Crippen molar-refractivity contribution in [3.05, 3.63) is 0 Å². The monoisotopic (exact) mass is 196 g/mol. The van der Waals surface area contributed by atoms with Crippen molar-refractivity contribution >= 4 is 19.7 Å². The van der Waals surface area contributed by atoms with Gasteiger partial charge in [0.05, 0.1) is 0 Å². The molecule has 7 heteroatoms. The molecular formula is C3H4ClF3O2S. The Bertz CT molecular complexity index is 206. The highest BCUT2D eigenvalue weighted by molar-refractivity contribution is 8.14. The predicted octanol–water partition coefficient (Wildman–Crippen LogP) is 1.51. The first-order chi connectivity index (χ1) is 4.15. The second-order valence-corrected chi connectivity index (χ2v) is 4.61. The summed E-state index contributed by atoms with van der Waals surface area (Å²) in [5.41, 5.74) is 0. The Morgan fingerprint density at radius 1 is 1.40 bits per heavy atom. The molecule has 0 amide bonds. The number of halogens is 4. The van der Waals surface area contributed by atoms with E-state index in [1.165, 1.54) is 0 Å². The molecule has 1 atom stereocenters. The minimum Gasteiger partial charge on any atom is -0.212 e. The topological polar surface area (TPSA) is 34.1 Å². The highest BCUT2D eigenvalue weighted by atomic mass is 35.7. The fourth-order valence-corrected chi connectivity index (χ4v) is 0.782. The van der Waals surface area contributed by atoms with Crippen LogP contribution in [0.1, 0.15) is 6.92 Å². The van der Waals surface area contributed by atoms with E-state index in [2.05, 4.69) is 10.7 Å². The number of hydrogen-bond donors (Lipinski definition) is 0. The average molecular weight is 197 g/mol. The molecule has 0 aliphatic heterocycles. The highest BCUT2D eigenvalue weighted by Gasteiger charge is 2.44. The van der Waals surface area contributed by atoms with Gasteiger partial charge in [0, 0.05) is 10.7 Å². The maximum absolute atomic E-state index is 11.5. The molecule has 1 unspecified atom stereocenters. The molecular weight excluding hydrogens is 193 g/mol. The van der Waals surface area contributed by atoms with Gasteiger partial charge in [-0.2, -0.15) is 13.2 Å². The number of alkyl halides is 3. The third-order valence-electron chi connectivity index (χ3n) is 0.883. The lowest BCUT2D eigenvalue weighted by atomic mass is 10.5. The van der Waals surface area contributed by atoms with Crippen LogP contribution in [0.25, 0.3) is 0 Å². The van der Waals surface area contributed by atoms with Crippen LogP contribution < -0.4 is 0 Å². The van der Waals surface area contributed by atoms with Crippen LogP contribution in [-0.2, 0) is 9.05 Å². The summed E-state index contributed by atoms with van der Waals surface area (Å²) >= 11 is 0. The van der Waals surface area contributed by atoms with Crippen LogP contribution in [-0.4, -0.2) is 19.8 Å². The van der Waals surface area contributed by atoms with Gasteiger partial charge in [-0.25, -0.2) is 8.42 Å². The van der Waals surface area contributed by atoms with E-state index in [1.807, 2.05) is 0 Å². The number of hydrogen-bond acceptors (Lipinski definition) is 2. The fourth-order valence-electron chi connectivity index (χ4n) is 0.160. The maximum atomic E-state index is 11.5. The third-order valence-corrected chi connectivity index (χ3v) is 2.80. The van der Waals surface area contributed by atoms with Crippen LogP contribution in [0.2, 0.25) is 0 Å². The summed E-state index contributed by atoms with van der Waals surface area (Å²) in [5, 5.41) is -2.50. The van der Waals surface area contributed by atoms with Crippen molar-refractivity contribution < 1.29 is 21.6 Å². The summed E-state index contributed by atoms with van der Waals surface area (Å²) in [7, 11) is -0.0928. The molecule has 0 bridgehead atoms. The van der Waals surface area contributed by atoms with E-state index in [-0.39, 0.29) is 0 Å². The van der Waals surface area contributed by atoms with Crippen molar-refractivity contribution in [3.8, 4) is 0 Å². The third kappa shape index (κ3) is 2.74. The summed E-state index contributed by atoms with van der Waals surface area (Å²) in [6, 6.07) is 0. The van der Waals surface area contributed by atoms with Crippen molar-refractivity contribution in [1.29, 1.82) is 0 Å². The van der Waals surface area contributed by atoms with Crippen LogP contribution >= 0.6 is 10.7 Å². The normalized spacial score (nSPS) is 16.9. The van der Waals surface area contributed by atoms with Crippen molar-refractivity contribution in [1.82, 2.24) is 0 Å². The molecule has 0 aromatic heterocycles. The van der Waals surface area contributed by atoms with Gasteiger partial charge in [0.2, 0.25) is 9.05 Å². The van der Waals surface area contributed by atoms with E-state index in [0.717, 1.165) is 0 Å². The van der Waals surface area contributed by atoms with E-state index in [9.17, 15) is 21.6 Å². The molecule has 62 valence electrons. The molecule has 0 saturated heterocycles. The van der Waals surface area contributed by atoms with Gasteiger partial charge in [-0.1, -0.05) is 0 Å². The van der Waals surface area contributed by atoms with E-state index in [1.54, 1.807) is 0 Å². The van der Waals surface area contributed by atoms with Gasteiger partial charge < -0.3 is 0 Å². The molecule has 2 nitrogen and oxygen atoms in total. The van der Waals surface area contributed by atoms with Gasteiger partial charge in [0.15, 0.2) is 5.25 Å². The Labute approximate surface area is 60.4 Å². The molecule has 0 aliphatic carbocycles. The van der Waals surface area contributed by atoms with Gasteiger partial charge in [-0.3, -0.25) is 0 Å². The second kappa shape index (κ2) is 2.58. The first-order valence-electron chi connectivity index (χ1n) is 2.16. The van der Waals surface area contributed by atoms with Crippen LogP contribution in [0.4, 0.5) is 13.2 Å². The second-order valence-electron chi connectivity index (χ2n) is 1.66. The van der Waals surface area contributed by atoms with Gasteiger partial charge >= 0.3 is 6.18 Å². The zero-order valence-corrected chi connectivity index (χ0v) is 6.39. The summed E-state index contributed by atoms with van der Waals surface area (Å²) in [5.74, 6) is 0. The summed E-state index contributed by atoms with van der Waals surface area (Å²) < 4.78 is 54.5. The smallest absolute Gasteiger partial charge is 0.212 e. The Hall–Kier alpha value is 0.0300. The van der Waals surface area contributed by atoms with Crippen molar-refractivity contribution in [2.24, 2.45) is 0 Å². The van der Waals surface area contributed by atoms with Gasteiger partial charge in [-0.15, -0.1) is 0 Å². The molecule has 0 aliphatic rings. The van der Waals surface area contributed by atoms with E-state index in [4.69, 9.17) is 0 Å². The molecule has 0 fully saturated rings. The molecule has 0 spiro atoms. The van der Waals surface area contributed by atoms with Gasteiger partial charge in [0.1, 0.15) is 0 Å². The Balaban J connectivity index is 4.56. The zero-order chi connectivity index (χ0) is 8.58. The Morgan fingerprint density at radius 2 is 1.70 bits per heavy atom. The van der Waals surface area contributed by atoms with Gasteiger partial charge in [0.25, 0.3) is 0 Å². The fraction of sp³-hybridized carbons (Fsp3) is 1.00. The molecule has 0 rings (SSSR count). The molecule has 0 aromatic carbocycles. The van der Waals surface area contributed by atoms with Crippen molar-refractivity contribution in [3.63, 3.8) is 0 Å². The van der Waals surface area contributed by atoms with E-state index >= 15 is 0 Å². The quantitative estimate of drug-likeness (QED) is 0.596. The molecule has 0 heterocycles. The van der Waals surface area contributed by atoms with Crippen LogP contribution in [0, 0.1) is 0 Å². The van der Waals surface area contributed by atoms with Crippen LogP contribution in [0.5, 0.6) is 0 Å². The summed E-state index contributed by atoms with van der Waals surface area (Å²) in [6.07, 6.45) is -4.78. The van der Waals surface area contributed by atoms with Crippen molar-refractivity contribution in [2.45, 2.75) is 18.3 Å².